The normalized spacial score (nSPS) is 17.6. The number of hydrogen-bond acceptors (Lipinski definition) is 3. The van der Waals surface area contributed by atoms with Crippen LogP contribution in [0.25, 0.3) is 0 Å². The second-order valence-corrected chi connectivity index (χ2v) is 6.87. The third kappa shape index (κ3) is 5.95. The van der Waals surface area contributed by atoms with Crippen molar-refractivity contribution in [3.8, 4) is 0 Å². The van der Waals surface area contributed by atoms with Gasteiger partial charge in [-0.3, -0.25) is 4.99 Å². The number of likely N-dealkylation sites (tertiary alicyclic amines) is 1. The molecule has 0 saturated carbocycles. The molecule has 0 spiro atoms. The quantitative estimate of drug-likeness (QED) is 0.597. The molecular weight excluding hydrogens is 331 g/mol. The molecule has 1 saturated heterocycles. The first-order valence-electron chi connectivity index (χ1n) is 9.61. The Morgan fingerprint density at radius 3 is 2.65 bits per heavy atom. The monoisotopic (exact) mass is 364 g/mol. The van der Waals surface area contributed by atoms with Crippen LogP contribution in [0.3, 0.4) is 0 Å². The second-order valence-electron chi connectivity index (χ2n) is 6.87. The van der Waals surface area contributed by atoms with Crippen molar-refractivity contribution in [2.75, 3.05) is 46.9 Å². The molecule has 1 aliphatic rings. The first-order valence-corrected chi connectivity index (χ1v) is 9.61. The average Bonchev–Trinajstić information content (AvgIpc) is 2.62. The Kier molecular flexibility index (Phi) is 8.32. The zero-order chi connectivity index (χ0) is 18.9. The van der Waals surface area contributed by atoms with E-state index in [1.807, 2.05) is 27.1 Å². The molecule has 26 heavy (non-hydrogen) atoms. The Bertz CT molecular complexity index is 571. The highest BCUT2D eigenvalue weighted by Crippen LogP contribution is 2.20. The maximum absolute atomic E-state index is 13.6. The minimum Gasteiger partial charge on any atom is -0.378 e. The highest BCUT2D eigenvalue weighted by Gasteiger charge is 2.22. The van der Waals surface area contributed by atoms with Gasteiger partial charge in [0.15, 0.2) is 5.96 Å². The fraction of sp³-hybridized carbons (Fsp3) is 0.650. The fourth-order valence-corrected chi connectivity index (χ4v) is 3.35. The molecule has 0 radical (unpaired) electrons. The molecule has 0 amide bonds. The molecule has 1 atom stereocenters. The lowest BCUT2D eigenvalue weighted by atomic mass is 10.1. The van der Waals surface area contributed by atoms with Crippen molar-refractivity contribution in [1.29, 1.82) is 0 Å². The van der Waals surface area contributed by atoms with Gasteiger partial charge in [-0.1, -0.05) is 12.1 Å². The number of aliphatic imine (C=N–C) groups is 1. The molecule has 1 aromatic carbocycles. The van der Waals surface area contributed by atoms with Gasteiger partial charge < -0.3 is 19.9 Å². The number of piperidine rings is 1. The van der Waals surface area contributed by atoms with Gasteiger partial charge in [0, 0.05) is 26.2 Å². The summed E-state index contributed by atoms with van der Waals surface area (Å²) in [5.41, 5.74) is 0.949. The van der Waals surface area contributed by atoms with Gasteiger partial charge in [-0.25, -0.2) is 4.39 Å². The van der Waals surface area contributed by atoms with Crippen molar-refractivity contribution < 1.29 is 9.13 Å². The van der Waals surface area contributed by atoms with Gasteiger partial charge in [-0.15, -0.1) is 0 Å². The van der Waals surface area contributed by atoms with E-state index in [2.05, 4.69) is 22.0 Å². The van der Waals surface area contributed by atoms with Crippen LogP contribution < -0.4 is 5.32 Å². The Balaban J connectivity index is 2.06. The van der Waals surface area contributed by atoms with Gasteiger partial charge in [0.25, 0.3) is 0 Å². The third-order valence-electron chi connectivity index (χ3n) is 4.75. The maximum Gasteiger partial charge on any atom is 0.193 e. The number of halogens is 1. The van der Waals surface area contributed by atoms with Crippen molar-refractivity contribution in [3.05, 3.63) is 35.6 Å². The molecule has 1 unspecified atom stereocenters. The van der Waals surface area contributed by atoms with Crippen LogP contribution in [0.2, 0.25) is 0 Å². The average molecular weight is 365 g/mol. The van der Waals surface area contributed by atoms with E-state index in [9.17, 15) is 4.39 Å². The minimum absolute atomic E-state index is 0.0420. The van der Waals surface area contributed by atoms with Gasteiger partial charge in [-0.2, -0.15) is 0 Å². The van der Waals surface area contributed by atoms with E-state index in [0.717, 1.165) is 50.6 Å². The van der Waals surface area contributed by atoms with Crippen LogP contribution in [0.1, 0.15) is 38.3 Å². The third-order valence-corrected chi connectivity index (χ3v) is 4.75. The Morgan fingerprint density at radius 2 is 2.08 bits per heavy atom. The van der Waals surface area contributed by atoms with E-state index in [4.69, 9.17) is 9.73 Å². The number of hydrogen-bond donors (Lipinski definition) is 1. The summed E-state index contributed by atoms with van der Waals surface area (Å²) in [7, 11) is 4.01. The van der Waals surface area contributed by atoms with Crippen LogP contribution in [0, 0.1) is 5.82 Å². The topological polar surface area (TPSA) is 40.1 Å². The summed E-state index contributed by atoms with van der Waals surface area (Å²) in [5.74, 6) is 0.730. The summed E-state index contributed by atoms with van der Waals surface area (Å²) in [6.07, 6.45) is 2.42. The van der Waals surface area contributed by atoms with E-state index < -0.39 is 0 Å². The number of benzene rings is 1. The van der Waals surface area contributed by atoms with Crippen LogP contribution in [0.5, 0.6) is 0 Å². The van der Waals surface area contributed by atoms with Gasteiger partial charge in [0.05, 0.1) is 18.7 Å². The van der Waals surface area contributed by atoms with E-state index >= 15 is 0 Å². The van der Waals surface area contributed by atoms with Crippen molar-refractivity contribution in [2.24, 2.45) is 4.99 Å². The summed E-state index contributed by atoms with van der Waals surface area (Å²) in [6, 6.07) is 6.84. The smallest absolute Gasteiger partial charge is 0.193 e. The molecule has 0 bridgehead atoms. The van der Waals surface area contributed by atoms with Crippen LogP contribution in [-0.2, 0) is 4.74 Å². The molecule has 6 heteroatoms. The molecule has 5 nitrogen and oxygen atoms in total. The van der Waals surface area contributed by atoms with E-state index in [1.165, 1.54) is 6.07 Å². The molecule has 0 aliphatic carbocycles. The van der Waals surface area contributed by atoms with E-state index in [1.54, 1.807) is 12.1 Å². The van der Waals surface area contributed by atoms with Crippen LogP contribution in [-0.4, -0.2) is 68.7 Å². The van der Waals surface area contributed by atoms with Crippen LogP contribution in [0.15, 0.2) is 29.3 Å². The molecule has 2 rings (SSSR count). The van der Waals surface area contributed by atoms with Crippen LogP contribution >= 0.6 is 0 Å². The molecule has 146 valence electrons. The van der Waals surface area contributed by atoms with Crippen molar-refractivity contribution >= 4 is 5.96 Å². The second kappa shape index (κ2) is 10.5. The number of rotatable bonds is 7. The van der Waals surface area contributed by atoms with Crippen molar-refractivity contribution in [2.45, 2.75) is 38.8 Å². The lowest BCUT2D eigenvalue weighted by Crippen LogP contribution is -2.47. The lowest BCUT2D eigenvalue weighted by Gasteiger charge is -2.34. The summed E-state index contributed by atoms with van der Waals surface area (Å²) < 4.78 is 19.4. The first-order chi connectivity index (χ1) is 12.5. The van der Waals surface area contributed by atoms with Gasteiger partial charge >= 0.3 is 0 Å². The highest BCUT2D eigenvalue weighted by molar-refractivity contribution is 5.80. The summed E-state index contributed by atoms with van der Waals surface area (Å²) in [5, 5.41) is 3.40. The Morgan fingerprint density at radius 1 is 1.35 bits per heavy atom. The van der Waals surface area contributed by atoms with E-state index in [-0.39, 0.29) is 11.9 Å². The molecule has 0 aromatic heterocycles. The molecule has 1 N–H and O–H groups in total. The number of likely N-dealkylation sites (N-methyl/N-ethyl adjacent to an activating group) is 1. The van der Waals surface area contributed by atoms with Gasteiger partial charge in [-0.05, 0) is 58.5 Å². The SMILES string of the molecule is CCNC(=NCC(c1cccc(F)c1)N(C)C)N1CCC(OCC)CC1. The van der Waals surface area contributed by atoms with Crippen LogP contribution in [0.4, 0.5) is 4.39 Å². The zero-order valence-electron chi connectivity index (χ0n) is 16.5. The largest absolute Gasteiger partial charge is 0.378 e. The number of ether oxygens (including phenoxy) is 1. The van der Waals surface area contributed by atoms with Crippen molar-refractivity contribution in [3.63, 3.8) is 0 Å². The number of nitrogens with one attached hydrogen (secondary N) is 1. The first kappa shape index (κ1) is 20.6. The van der Waals surface area contributed by atoms with Crippen molar-refractivity contribution in [1.82, 2.24) is 15.1 Å². The predicted octanol–water partition coefficient (Wildman–Crippen LogP) is 2.89. The predicted molar refractivity (Wildman–Crippen MR) is 105 cm³/mol. The molecular formula is C20H33FN4O. The standard InChI is InChI=1S/C20H33FN4O/c1-5-22-20(25-12-10-18(11-13-25)26-6-2)23-15-19(24(3)4)16-8-7-9-17(21)14-16/h7-9,14,18-19H,5-6,10-13,15H2,1-4H3,(H,22,23). The molecule has 1 aliphatic heterocycles. The van der Waals surface area contributed by atoms with E-state index in [0.29, 0.717) is 12.6 Å². The fourth-order valence-electron chi connectivity index (χ4n) is 3.35. The summed E-state index contributed by atoms with van der Waals surface area (Å²) in [4.78, 5) is 9.25. The summed E-state index contributed by atoms with van der Waals surface area (Å²) >= 11 is 0. The molecule has 1 aromatic rings. The lowest BCUT2D eigenvalue weighted by molar-refractivity contribution is 0.0263. The highest BCUT2D eigenvalue weighted by atomic mass is 19.1. The Labute approximate surface area is 157 Å². The number of guanidine groups is 1. The summed E-state index contributed by atoms with van der Waals surface area (Å²) in [6.45, 7) is 8.22. The number of nitrogens with zero attached hydrogens (tertiary/aromatic N) is 3. The van der Waals surface area contributed by atoms with Gasteiger partial charge in [0.1, 0.15) is 5.82 Å². The minimum atomic E-state index is -0.205. The zero-order valence-corrected chi connectivity index (χ0v) is 16.5. The maximum atomic E-state index is 13.6. The Hall–Kier alpha value is -1.66. The molecule has 1 heterocycles. The van der Waals surface area contributed by atoms with Gasteiger partial charge in [0.2, 0.25) is 0 Å². The molecule has 1 fully saturated rings.